The number of carbonyl (C=O) groups excluding carboxylic acids is 1. The fourth-order valence-corrected chi connectivity index (χ4v) is 3.41. The largest absolute Gasteiger partial charge is 0.485 e. The van der Waals surface area contributed by atoms with Crippen molar-refractivity contribution in [2.75, 3.05) is 5.32 Å². The highest BCUT2D eigenvalue weighted by Gasteiger charge is 2.47. The zero-order valence-corrected chi connectivity index (χ0v) is 12.4. The van der Waals surface area contributed by atoms with E-state index in [1.54, 1.807) is 18.2 Å². The van der Waals surface area contributed by atoms with Crippen molar-refractivity contribution < 1.29 is 18.8 Å². The summed E-state index contributed by atoms with van der Waals surface area (Å²) in [5.41, 5.74) is 1.28. The van der Waals surface area contributed by atoms with E-state index in [1.807, 2.05) is 0 Å². The van der Waals surface area contributed by atoms with E-state index in [9.17, 15) is 19.3 Å². The van der Waals surface area contributed by atoms with Gasteiger partial charge in [-0.2, -0.15) is 0 Å². The smallest absolute Gasteiger partial charge is 0.273 e. The van der Waals surface area contributed by atoms with Crippen LogP contribution in [0.3, 0.4) is 0 Å². The van der Waals surface area contributed by atoms with Gasteiger partial charge in [-0.15, -0.1) is 0 Å². The van der Waals surface area contributed by atoms with Crippen molar-refractivity contribution in [3.63, 3.8) is 0 Å². The highest BCUT2D eigenvalue weighted by atomic mass is 19.1. The number of anilines is 1. The van der Waals surface area contributed by atoms with Crippen LogP contribution in [0, 0.1) is 15.9 Å². The Morgan fingerprint density at radius 1 is 1.21 bits per heavy atom. The number of hydrogen-bond donors (Lipinski definition) is 1. The molecule has 2 aromatic rings. The van der Waals surface area contributed by atoms with Crippen molar-refractivity contribution in [2.45, 2.75) is 24.5 Å². The quantitative estimate of drug-likeness (QED) is 0.677. The molecular weight excluding hydrogens is 315 g/mol. The normalized spacial score (nSPS) is 24.5. The van der Waals surface area contributed by atoms with E-state index in [1.165, 1.54) is 24.3 Å². The Kier molecular flexibility index (Phi) is 3.23. The summed E-state index contributed by atoms with van der Waals surface area (Å²) in [5.74, 6) is -0.408. The van der Waals surface area contributed by atoms with Crippen molar-refractivity contribution in [3.05, 3.63) is 64.0 Å². The van der Waals surface area contributed by atoms with Gasteiger partial charge in [0.15, 0.2) is 0 Å². The number of Topliss-reactive ketones (excluding diaryl/α,β-unsaturated/α-hetero) is 1. The zero-order chi connectivity index (χ0) is 16.8. The molecule has 0 spiro atoms. The van der Waals surface area contributed by atoms with E-state index in [4.69, 9.17) is 4.74 Å². The Bertz CT molecular complexity index is 837. The molecule has 0 saturated heterocycles. The molecule has 0 aromatic heterocycles. The lowest BCUT2D eigenvalue weighted by Crippen LogP contribution is -2.40. The lowest BCUT2D eigenvalue weighted by atomic mass is 9.92. The van der Waals surface area contributed by atoms with Crippen molar-refractivity contribution in [2.24, 2.45) is 0 Å². The second kappa shape index (κ2) is 5.30. The standard InChI is InChI=1S/C17H13FN2O4/c18-10-3-1-9(2-4-10)16-13(21)8-15-17(16)19-12-6-5-11(20(22)23)7-14(12)24-15/h1-7,15-17,19H,8H2/t15-,16-,17-/m1/s1. The van der Waals surface area contributed by atoms with Crippen molar-refractivity contribution in [1.29, 1.82) is 0 Å². The summed E-state index contributed by atoms with van der Waals surface area (Å²) in [5, 5.41) is 14.1. The number of benzene rings is 2. The minimum absolute atomic E-state index is 0.00594. The molecule has 0 unspecified atom stereocenters. The van der Waals surface area contributed by atoms with Gasteiger partial charge in [0.05, 0.1) is 28.6 Å². The number of nitrogens with zero attached hydrogens (tertiary/aromatic N) is 1. The molecule has 3 atom stereocenters. The van der Waals surface area contributed by atoms with Gasteiger partial charge < -0.3 is 10.1 Å². The Balaban J connectivity index is 1.68. The van der Waals surface area contributed by atoms with Crippen LogP contribution in [-0.4, -0.2) is 22.9 Å². The highest BCUT2D eigenvalue weighted by Crippen LogP contribution is 2.43. The van der Waals surface area contributed by atoms with Crippen LogP contribution in [0.1, 0.15) is 17.9 Å². The van der Waals surface area contributed by atoms with Crippen LogP contribution in [-0.2, 0) is 4.79 Å². The number of nitro benzene ring substituents is 1. The first kappa shape index (κ1) is 14.6. The number of rotatable bonds is 2. The highest BCUT2D eigenvalue weighted by molar-refractivity contribution is 5.91. The van der Waals surface area contributed by atoms with E-state index in [-0.39, 0.29) is 29.8 Å². The van der Waals surface area contributed by atoms with Gasteiger partial charge in [-0.25, -0.2) is 4.39 Å². The van der Waals surface area contributed by atoms with Crippen LogP contribution < -0.4 is 10.1 Å². The first-order chi connectivity index (χ1) is 11.5. The Morgan fingerprint density at radius 3 is 2.67 bits per heavy atom. The molecule has 0 bridgehead atoms. The molecule has 0 amide bonds. The summed E-state index contributed by atoms with van der Waals surface area (Å²) in [6.45, 7) is 0. The molecule has 4 rings (SSSR count). The molecule has 1 fully saturated rings. The molecular formula is C17H13FN2O4. The molecule has 1 N–H and O–H groups in total. The monoisotopic (exact) mass is 328 g/mol. The summed E-state index contributed by atoms with van der Waals surface area (Å²) in [6.07, 6.45) is -0.191. The number of ether oxygens (including phenoxy) is 1. The number of nitrogens with one attached hydrogen (secondary N) is 1. The third-order valence-corrected chi connectivity index (χ3v) is 4.51. The second-order valence-corrected chi connectivity index (χ2v) is 5.96. The first-order valence-electron chi connectivity index (χ1n) is 7.53. The Morgan fingerprint density at radius 2 is 1.96 bits per heavy atom. The predicted molar refractivity (Wildman–Crippen MR) is 83.7 cm³/mol. The maximum absolute atomic E-state index is 13.1. The predicted octanol–water partition coefficient (Wildman–Crippen LogP) is 3.03. The molecule has 1 aliphatic carbocycles. The molecule has 122 valence electrons. The Labute approximate surface area is 136 Å². The fraction of sp³-hybridized carbons (Fsp3) is 0.235. The summed E-state index contributed by atoms with van der Waals surface area (Å²) >= 11 is 0. The van der Waals surface area contributed by atoms with Crippen molar-refractivity contribution in [3.8, 4) is 5.75 Å². The van der Waals surface area contributed by atoms with Gasteiger partial charge in [-0.05, 0) is 23.8 Å². The number of fused-ring (bicyclic) bond motifs is 2. The van der Waals surface area contributed by atoms with Gasteiger partial charge in [0.1, 0.15) is 23.5 Å². The lowest BCUT2D eigenvalue weighted by molar-refractivity contribution is -0.384. The molecule has 1 saturated carbocycles. The summed E-state index contributed by atoms with van der Waals surface area (Å²) in [7, 11) is 0. The number of ketones is 1. The van der Waals surface area contributed by atoms with Crippen LogP contribution in [0.4, 0.5) is 15.8 Å². The SMILES string of the molecule is O=C1C[C@H]2Oc3cc([N+](=O)[O-])ccc3N[C@H]2[C@@H]1c1ccc(F)cc1. The van der Waals surface area contributed by atoms with Crippen LogP contribution in [0.25, 0.3) is 0 Å². The van der Waals surface area contributed by atoms with Crippen molar-refractivity contribution >= 4 is 17.2 Å². The average Bonchev–Trinajstić information content (AvgIpc) is 2.87. The maximum atomic E-state index is 13.1. The van der Waals surface area contributed by atoms with Crippen LogP contribution in [0.2, 0.25) is 0 Å². The molecule has 6 nitrogen and oxygen atoms in total. The number of carbonyl (C=O) groups is 1. The van der Waals surface area contributed by atoms with E-state index < -0.39 is 16.9 Å². The van der Waals surface area contributed by atoms with Gasteiger partial charge >= 0.3 is 0 Å². The Hall–Kier alpha value is -2.96. The molecule has 2 aromatic carbocycles. The van der Waals surface area contributed by atoms with Gasteiger partial charge in [-0.3, -0.25) is 14.9 Å². The number of halogens is 1. The van der Waals surface area contributed by atoms with Crippen molar-refractivity contribution in [1.82, 2.24) is 0 Å². The second-order valence-electron chi connectivity index (χ2n) is 5.96. The molecule has 0 radical (unpaired) electrons. The molecule has 2 aliphatic rings. The molecule has 24 heavy (non-hydrogen) atoms. The minimum atomic E-state index is -0.489. The topological polar surface area (TPSA) is 81.5 Å². The first-order valence-corrected chi connectivity index (χ1v) is 7.53. The number of non-ortho nitro benzene ring substituents is 1. The van der Waals surface area contributed by atoms with Crippen LogP contribution in [0.5, 0.6) is 5.75 Å². The van der Waals surface area contributed by atoms with E-state index in [0.717, 1.165) is 5.56 Å². The van der Waals surface area contributed by atoms with E-state index >= 15 is 0 Å². The van der Waals surface area contributed by atoms with Gasteiger partial charge in [0, 0.05) is 12.5 Å². The average molecular weight is 328 g/mol. The van der Waals surface area contributed by atoms with E-state index in [2.05, 4.69) is 5.32 Å². The summed E-state index contributed by atoms with van der Waals surface area (Å²) in [4.78, 5) is 22.8. The van der Waals surface area contributed by atoms with Gasteiger partial charge in [-0.1, -0.05) is 12.1 Å². The van der Waals surface area contributed by atoms with Crippen LogP contribution in [0.15, 0.2) is 42.5 Å². The molecule has 1 aliphatic heterocycles. The van der Waals surface area contributed by atoms with Gasteiger partial charge in [0.25, 0.3) is 5.69 Å². The lowest BCUT2D eigenvalue weighted by Gasteiger charge is -2.32. The molecule has 1 heterocycles. The number of nitro groups is 1. The minimum Gasteiger partial charge on any atom is -0.485 e. The summed E-state index contributed by atoms with van der Waals surface area (Å²) < 4.78 is 19.0. The number of hydrogen-bond acceptors (Lipinski definition) is 5. The third-order valence-electron chi connectivity index (χ3n) is 4.51. The molecule has 7 heteroatoms. The van der Waals surface area contributed by atoms with E-state index in [0.29, 0.717) is 11.4 Å². The third kappa shape index (κ3) is 2.29. The zero-order valence-electron chi connectivity index (χ0n) is 12.4. The van der Waals surface area contributed by atoms with Crippen LogP contribution >= 0.6 is 0 Å². The fourth-order valence-electron chi connectivity index (χ4n) is 3.41. The maximum Gasteiger partial charge on any atom is 0.273 e. The van der Waals surface area contributed by atoms with Gasteiger partial charge in [0.2, 0.25) is 0 Å². The summed E-state index contributed by atoms with van der Waals surface area (Å²) in [6, 6.07) is 9.91.